The highest BCUT2D eigenvalue weighted by Gasteiger charge is 2.29. The average molecular weight is 255 g/mol. The lowest BCUT2D eigenvalue weighted by atomic mass is 10.1. The highest BCUT2D eigenvalue weighted by Crippen LogP contribution is 2.38. The van der Waals surface area contributed by atoms with Crippen molar-refractivity contribution < 1.29 is 9.26 Å². The van der Waals surface area contributed by atoms with Crippen molar-refractivity contribution in [2.45, 2.75) is 32.3 Å². The van der Waals surface area contributed by atoms with E-state index < -0.39 is 0 Å². The van der Waals surface area contributed by atoms with Gasteiger partial charge in [0, 0.05) is 5.92 Å². The van der Waals surface area contributed by atoms with Crippen molar-refractivity contribution in [2.24, 2.45) is 0 Å². The quantitative estimate of drug-likeness (QED) is 0.839. The zero-order chi connectivity index (χ0) is 13.2. The standard InChI is InChI=1S/C14H13N3O2/c1-9-2-3-10(7-15)6-12(9)18-8-13-16-14(19-17-13)11-4-5-11/h2-3,6,11H,4-5,8H2,1H3. The van der Waals surface area contributed by atoms with Crippen LogP contribution in [0.2, 0.25) is 0 Å². The van der Waals surface area contributed by atoms with Gasteiger partial charge in [0.15, 0.2) is 6.61 Å². The van der Waals surface area contributed by atoms with E-state index in [2.05, 4.69) is 16.2 Å². The first-order valence-electron chi connectivity index (χ1n) is 6.22. The van der Waals surface area contributed by atoms with Crippen LogP contribution in [-0.2, 0) is 6.61 Å². The van der Waals surface area contributed by atoms with Crippen LogP contribution in [0.3, 0.4) is 0 Å². The Morgan fingerprint density at radius 3 is 3.05 bits per heavy atom. The number of benzene rings is 1. The second-order valence-corrected chi connectivity index (χ2v) is 4.70. The molecule has 0 atom stereocenters. The molecule has 0 saturated heterocycles. The third-order valence-corrected chi connectivity index (χ3v) is 3.08. The van der Waals surface area contributed by atoms with E-state index in [0.29, 0.717) is 28.9 Å². The first-order valence-corrected chi connectivity index (χ1v) is 6.22. The topological polar surface area (TPSA) is 71.9 Å². The Balaban J connectivity index is 1.69. The smallest absolute Gasteiger partial charge is 0.229 e. The van der Waals surface area contributed by atoms with Gasteiger partial charge in [0.25, 0.3) is 0 Å². The van der Waals surface area contributed by atoms with Crippen LogP contribution in [0.15, 0.2) is 22.7 Å². The van der Waals surface area contributed by atoms with Gasteiger partial charge in [-0.25, -0.2) is 0 Å². The van der Waals surface area contributed by atoms with Crippen molar-refractivity contribution in [1.29, 1.82) is 5.26 Å². The van der Waals surface area contributed by atoms with E-state index in [0.717, 1.165) is 18.4 Å². The van der Waals surface area contributed by atoms with Gasteiger partial charge in [-0.2, -0.15) is 10.2 Å². The van der Waals surface area contributed by atoms with Gasteiger partial charge >= 0.3 is 0 Å². The Hall–Kier alpha value is -2.35. The summed E-state index contributed by atoms with van der Waals surface area (Å²) in [4.78, 5) is 4.29. The normalized spacial score (nSPS) is 14.1. The molecule has 19 heavy (non-hydrogen) atoms. The van der Waals surface area contributed by atoms with E-state index >= 15 is 0 Å². The average Bonchev–Trinajstić information content (AvgIpc) is 3.17. The number of aryl methyl sites for hydroxylation is 1. The summed E-state index contributed by atoms with van der Waals surface area (Å²) >= 11 is 0. The van der Waals surface area contributed by atoms with Crippen molar-refractivity contribution in [2.75, 3.05) is 0 Å². The predicted octanol–water partition coefficient (Wildman–Crippen LogP) is 2.71. The van der Waals surface area contributed by atoms with E-state index in [4.69, 9.17) is 14.5 Å². The lowest BCUT2D eigenvalue weighted by molar-refractivity contribution is 0.283. The fourth-order valence-electron chi connectivity index (χ4n) is 1.79. The maximum absolute atomic E-state index is 8.86. The molecule has 0 radical (unpaired) electrons. The zero-order valence-corrected chi connectivity index (χ0v) is 10.6. The van der Waals surface area contributed by atoms with E-state index in [1.54, 1.807) is 12.1 Å². The molecule has 1 aromatic heterocycles. The maximum atomic E-state index is 8.86. The van der Waals surface area contributed by atoms with Crippen LogP contribution < -0.4 is 4.74 Å². The van der Waals surface area contributed by atoms with E-state index in [9.17, 15) is 0 Å². The molecule has 1 aliphatic carbocycles. The number of nitriles is 1. The molecular weight excluding hydrogens is 242 g/mol. The second-order valence-electron chi connectivity index (χ2n) is 4.70. The summed E-state index contributed by atoms with van der Waals surface area (Å²) in [5.74, 6) is 2.38. The maximum Gasteiger partial charge on any atom is 0.229 e. The van der Waals surface area contributed by atoms with Crippen LogP contribution in [-0.4, -0.2) is 10.1 Å². The number of nitrogens with zero attached hydrogens (tertiary/aromatic N) is 3. The van der Waals surface area contributed by atoms with Crippen LogP contribution in [0.5, 0.6) is 5.75 Å². The molecule has 0 amide bonds. The molecule has 5 nitrogen and oxygen atoms in total. The summed E-state index contributed by atoms with van der Waals surface area (Å²) in [6.07, 6.45) is 2.26. The minimum atomic E-state index is 0.256. The van der Waals surface area contributed by atoms with Gasteiger partial charge in [0.1, 0.15) is 5.75 Å². The first-order chi connectivity index (χ1) is 9.26. The van der Waals surface area contributed by atoms with Crippen LogP contribution in [0.25, 0.3) is 0 Å². The van der Waals surface area contributed by atoms with Gasteiger partial charge in [-0.15, -0.1) is 0 Å². The van der Waals surface area contributed by atoms with Crippen molar-refractivity contribution in [3.63, 3.8) is 0 Å². The van der Waals surface area contributed by atoms with Gasteiger partial charge in [-0.3, -0.25) is 0 Å². The monoisotopic (exact) mass is 255 g/mol. The van der Waals surface area contributed by atoms with Crippen molar-refractivity contribution in [3.8, 4) is 11.8 Å². The molecule has 0 unspecified atom stereocenters. The molecule has 0 spiro atoms. The Kier molecular flexibility index (Phi) is 2.92. The molecule has 96 valence electrons. The number of ether oxygens (including phenoxy) is 1. The SMILES string of the molecule is Cc1ccc(C#N)cc1OCc1noc(C2CC2)n1. The summed E-state index contributed by atoms with van der Waals surface area (Å²) in [6.45, 7) is 2.19. The summed E-state index contributed by atoms with van der Waals surface area (Å²) in [6, 6.07) is 7.44. The molecule has 3 rings (SSSR count). The van der Waals surface area contributed by atoms with Crippen molar-refractivity contribution in [3.05, 3.63) is 41.0 Å². The molecule has 0 bridgehead atoms. The molecule has 1 aliphatic rings. The van der Waals surface area contributed by atoms with Crippen LogP contribution in [0.1, 0.15) is 41.6 Å². The first kappa shape index (κ1) is 11.7. The Labute approximate surface area is 110 Å². The summed E-state index contributed by atoms with van der Waals surface area (Å²) in [5, 5.41) is 12.8. The van der Waals surface area contributed by atoms with Crippen molar-refractivity contribution in [1.82, 2.24) is 10.1 Å². The molecule has 0 aliphatic heterocycles. The molecule has 5 heteroatoms. The van der Waals surface area contributed by atoms with E-state index in [1.165, 1.54) is 0 Å². The second kappa shape index (κ2) is 4.73. The minimum Gasteiger partial charge on any atom is -0.485 e. The summed E-state index contributed by atoms with van der Waals surface area (Å²) in [5.41, 5.74) is 1.55. The Morgan fingerprint density at radius 1 is 1.47 bits per heavy atom. The summed E-state index contributed by atoms with van der Waals surface area (Å²) in [7, 11) is 0. The van der Waals surface area contributed by atoms with Gasteiger partial charge < -0.3 is 9.26 Å². The largest absolute Gasteiger partial charge is 0.485 e. The molecular formula is C14H13N3O2. The number of hydrogen-bond donors (Lipinski definition) is 0. The molecule has 1 fully saturated rings. The van der Waals surface area contributed by atoms with Gasteiger partial charge in [-0.05, 0) is 37.5 Å². The Bertz CT molecular complexity index is 638. The Morgan fingerprint density at radius 2 is 2.32 bits per heavy atom. The van der Waals surface area contributed by atoms with Gasteiger partial charge in [0.05, 0.1) is 11.6 Å². The number of hydrogen-bond acceptors (Lipinski definition) is 5. The molecule has 0 N–H and O–H groups in total. The molecule has 1 aromatic carbocycles. The lowest BCUT2D eigenvalue weighted by Crippen LogP contribution is -1.99. The highest BCUT2D eigenvalue weighted by molar-refractivity contribution is 5.41. The van der Waals surface area contributed by atoms with E-state index in [1.807, 2.05) is 13.0 Å². The highest BCUT2D eigenvalue weighted by atomic mass is 16.5. The van der Waals surface area contributed by atoms with Crippen molar-refractivity contribution >= 4 is 0 Å². The zero-order valence-electron chi connectivity index (χ0n) is 10.6. The van der Waals surface area contributed by atoms with Crippen LogP contribution >= 0.6 is 0 Å². The minimum absolute atomic E-state index is 0.256. The number of rotatable bonds is 4. The van der Waals surface area contributed by atoms with Crippen LogP contribution in [0, 0.1) is 18.3 Å². The summed E-state index contributed by atoms with van der Waals surface area (Å²) < 4.78 is 10.8. The van der Waals surface area contributed by atoms with Gasteiger partial charge in [0.2, 0.25) is 11.7 Å². The fraction of sp³-hybridized carbons (Fsp3) is 0.357. The van der Waals surface area contributed by atoms with Gasteiger partial charge in [-0.1, -0.05) is 11.2 Å². The third kappa shape index (κ3) is 2.58. The number of aromatic nitrogens is 2. The predicted molar refractivity (Wildman–Crippen MR) is 66.5 cm³/mol. The third-order valence-electron chi connectivity index (χ3n) is 3.08. The van der Waals surface area contributed by atoms with E-state index in [-0.39, 0.29) is 6.61 Å². The van der Waals surface area contributed by atoms with Crippen LogP contribution in [0.4, 0.5) is 0 Å². The molecule has 1 saturated carbocycles. The molecule has 1 heterocycles. The fourth-order valence-corrected chi connectivity index (χ4v) is 1.79. The lowest BCUT2D eigenvalue weighted by Gasteiger charge is -2.06. The molecule has 2 aromatic rings.